The van der Waals surface area contributed by atoms with Crippen molar-refractivity contribution >= 4 is 17.5 Å². The second-order valence-corrected chi connectivity index (χ2v) is 5.63. The van der Waals surface area contributed by atoms with Gasteiger partial charge in [0.1, 0.15) is 5.75 Å². The molecular formula is C17H21N5O4. The van der Waals surface area contributed by atoms with Crippen molar-refractivity contribution in [3.05, 3.63) is 40.3 Å². The maximum absolute atomic E-state index is 12.6. The SMILES string of the molecule is CCOc1ccc(N2CCn3c2nnc(C(=O)NCCOC)c3=O)cc1. The Hall–Kier alpha value is -2.94. The van der Waals surface area contributed by atoms with Gasteiger partial charge in [0.2, 0.25) is 11.6 Å². The van der Waals surface area contributed by atoms with Gasteiger partial charge in [-0.15, -0.1) is 10.2 Å². The number of nitrogens with one attached hydrogen (secondary N) is 1. The predicted molar refractivity (Wildman–Crippen MR) is 95.1 cm³/mol. The zero-order valence-electron chi connectivity index (χ0n) is 14.8. The van der Waals surface area contributed by atoms with Gasteiger partial charge in [-0.3, -0.25) is 14.2 Å². The number of ether oxygens (including phenoxy) is 2. The second-order valence-electron chi connectivity index (χ2n) is 5.63. The monoisotopic (exact) mass is 359 g/mol. The van der Waals surface area contributed by atoms with Gasteiger partial charge in [0, 0.05) is 32.4 Å². The van der Waals surface area contributed by atoms with Crippen molar-refractivity contribution in [2.24, 2.45) is 0 Å². The summed E-state index contributed by atoms with van der Waals surface area (Å²) in [7, 11) is 1.53. The Balaban J connectivity index is 1.82. The number of carbonyl (C=O) groups is 1. The van der Waals surface area contributed by atoms with E-state index in [1.807, 2.05) is 36.1 Å². The fraction of sp³-hybridized carbons (Fsp3) is 0.412. The van der Waals surface area contributed by atoms with Crippen LogP contribution in [0.3, 0.4) is 0 Å². The van der Waals surface area contributed by atoms with E-state index in [1.54, 1.807) is 0 Å². The van der Waals surface area contributed by atoms with Gasteiger partial charge in [0.05, 0.1) is 13.2 Å². The van der Waals surface area contributed by atoms with Gasteiger partial charge in [-0.05, 0) is 31.2 Å². The number of anilines is 2. The molecule has 3 rings (SSSR count). The third-order valence-electron chi connectivity index (χ3n) is 3.98. The van der Waals surface area contributed by atoms with Crippen molar-refractivity contribution in [3.8, 4) is 5.75 Å². The first-order valence-electron chi connectivity index (χ1n) is 8.40. The minimum atomic E-state index is -0.547. The highest BCUT2D eigenvalue weighted by Crippen LogP contribution is 2.28. The third kappa shape index (κ3) is 3.52. The smallest absolute Gasteiger partial charge is 0.286 e. The molecule has 0 saturated carbocycles. The standard InChI is InChI=1S/C17H21N5O4/c1-3-26-13-6-4-12(5-7-13)21-9-10-22-16(24)14(19-20-17(21)22)15(23)18-8-11-25-2/h4-7H,3,8-11H2,1-2H3,(H,18,23). The lowest BCUT2D eigenvalue weighted by molar-refractivity contribution is 0.0928. The fourth-order valence-electron chi connectivity index (χ4n) is 2.74. The summed E-state index contributed by atoms with van der Waals surface area (Å²) in [5, 5.41) is 10.5. The Labute approximate surface area is 150 Å². The highest BCUT2D eigenvalue weighted by molar-refractivity contribution is 5.91. The Morgan fingerprint density at radius 1 is 1.23 bits per heavy atom. The molecule has 0 saturated heterocycles. The molecule has 1 aliphatic rings. The van der Waals surface area contributed by atoms with Crippen molar-refractivity contribution in [2.75, 3.05) is 38.3 Å². The van der Waals surface area contributed by atoms with Gasteiger partial charge < -0.3 is 19.7 Å². The average Bonchev–Trinajstić information content (AvgIpc) is 3.08. The molecule has 1 aliphatic heterocycles. The molecule has 9 nitrogen and oxygen atoms in total. The number of methoxy groups -OCH3 is 1. The van der Waals surface area contributed by atoms with E-state index in [0.29, 0.717) is 38.8 Å². The largest absolute Gasteiger partial charge is 0.494 e. The molecule has 1 amide bonds. The summed E-state index contributed by atoms with van der Waals surface area (Å²) >= 11 is 0. The van der Waals surface area contributed by atoms with Crippen LogP contribution in [0.5, 0.6) is 5.75 Å². The number of hydrogen-bond acceptors (Lipinski definition) is 7. The summed E-state index contributed by atoms with van der Waals surface area (Å²) in [6.07, 6.45) is 0. The van der Waals surface area contributed by atoms with E-state index >= 15 is 0 Å². The van der Waals surface area contributed by atoms with E-state index in [2.05, 4.69) is 15.5 Å². The highest BCUT2D eigenvalue weighted by Gasteiger charge is 2.27. The molecule has 0 spiro atoms. The molecule has 0 unspecified atom stereocenters. The molecule has 0 aliphatic carbocycles. The van der Waals surface area contributed by atoms with Crippen LogP contribution < -0.4 is 20.5 Å². The number of hydrogen-bond donors (Lipinski definition) is 1. The summed E-state index contributed by atoms with van der Waals surface area (Å²) in [6, 6.07) is 7.53. The Bertz CT molecular complexity index is 834. The van der Waals surface area contributed by atoms with Crippen molar-refractivity contribution in [1.29, 1.82) is 0 Å². The molecule has 1 N–H and O–H groups in total. The number of carbonyl (C=O) groups excluding carboxylic acids is 1. The van der Waals surface area contributed by atoms with E-state index in [4.69, 9.17) is 9.47 Å². The molecule has 138 valence electrons. The van der Waals surface area contributed by atoms with Crippen molar-refractivity contribution < 1.29 is 14.3 Å². The lowest BCUT2D eigenvalue weighted by Gasteiger charge is -2.17. The maximum atomic E-state index is 12.6. The maximum Gasteiger partial charge on any atom is 0.286 e. The topological polar surface area (TPSA) is 98.6 Å². The van der Waals surface area contributed by atoms with Crippen LogP contribution in [-0.2, 0) is 11.3 Å². The van der Waals surface area contributed by atoms with E-state index < -0.39 is 11.5 Å². The molecule has 0 atom stereocenters. The minimum Gasteiger partial charge on any atom is -0.494 e. The van der Waals surface area contributed by atoms with E-state index in [-0.39, 0.29) is 5.69 Å². The quantitative estimate of drug-likeness (QED) is 0.722. The van der Waals surface area contributed by atoms with Crippen LogP contribution in [0.25, 0.3) is 0 Å². The minimum absolute atomic E-state index is 0.210. The zero-order chi connectivity index (χ0) is 18.5. The molecule has 0 fully saturated rings. The van der Waals surface area contributed by atoms with Crippen molar-refractivity contribution in [3.63, 3.8) is 0 Å². The van der Waals surface area contributed by atoms with Crippen molar-refractivity contribution in [1.82, 2.24) is 20.1 Å². The molecule has 1 aromatic carbocycles. The van der Waals surface area contributed by atoms with Gasteiger partial charge in [0.25, 0.3) is 11.5 Å². The number of amides is 1. The van der Waals surface area contributed by atoms with Gasteiger partial charge in [-0.1, -0.05) is 0 Å². The summed E-state index contributed by atoms with van der Waals surface area (Å²) in [4.78, 5) is 26.5. The average molecular weight is 359 g/mol. The van der Waals surface area contributed by atoms with E-state index in [9.17, 15) is 9.59 Å². The number of nitrogens with zero attached hydrogens (tertiary/aromatic N) is 4. The number of rotatable bonds is 7. The number of benzene rings is 1. The van der Waals surface area contributed by atoms with E-state index in [0.717, 1.165) is 11.4 Å². The summed E-state index contributed by atoms with van der Waals surface area (Å²) in [5.74, 6) is 0.656. The first-order valence-corrected chi connectivity index (χ1v) is 8.40. The van der Waals surface area contributed by atoms with Crippen LogP contribution in [-0.4, -0.2) is 54.1 Å². The van der Waals surface area contributed by atoms with E-state index in [1.165, 1.54) is 11.7 Å². The summed E-state index contributed by atoms with van der Waals surface area (Å²) in [5.41, 5.74) is 0.224. The van der Waals surface area contributed by atoms with Gasteiger partial charge >= 0.3 is 0 Å². The number of aromatic nitrogens is 3. The first-order chi connectivity index (χ1) is 12.7. The molecule has 0 bridgehead atoms. The Morgan fingerprint density at radius 3 is 2.69 bits per heavy atom. The van der Waals surface area contributed by atoms with Crippen LogP contribution in [0.2, 0.25) is 0 Å². The Morgan fingerprint density at radius 2 is 2.00 bits per heavy atom. The van der Waals surface area contributed by atoms with Crippen molar-refractivity contribution in [2.45, 2.75) is 13.5 Å². The van der Waals surface area contributed by atoms with Crippen LogP contribution in [0, 0.1) is 0 Å². The molecule has 2 heterocycles. The molecule has 9 heteroatoms. The van der Waals surface area contributed by atoms with Crippen LogP contribution in [0.1, 0.15) is 17.4 Å². The molecular weight excluding hydrogens is 338 g/mol. The van der Waals surface area contributed by atoms with Gasteiger partial charge in [-0.25, -0.2) is 0 Å². The van der Waals surface area contributed by atoms with Crippen LogP contribution in [0.4, 0.5) is 11.6 Å². The third-order valence-corrected chi connectivity index (χ3v) is 3.98. The normalized spacial score (nSPS) is 12.8. The van der Waals surface area contributed by atoms with Gasteiger partial charge in [0.15, 0.2) is 0 Å². The predicted octanol–water partition coefficient (Wildman–Crippen LogP) is 0.565. The second kappa shape index (κ2) is 7.96. The Kier molecular flexibility index (Phi) is 5.47. The number of fused-ring (bicyclic) bond motifs is 1. The molecule has 2 aromatic rings. The molecule has 1 aromatic heterocycles. The lowest BCUT2D eigenvalue weighted by atomic mass is 10.3. The lowest BCUT2D eigenvalue weighted by Crippen LogP contribution is -2.36. The fourth-order valence-corrected chi connectivity index (χ4v) is 2.74. The summed E-state index contributed by atoms with van der Waals surface area (Å²) in [6.45, 7) is 4.20. The first kappa shape index (κ1) is 17.9. The molecule has 26 heavy (non-hydrogen) atoms. The van der Waals surface area contributed by atoms with Gasteiger partial charge in [-0.2, -0.15) is 0 Å². The highest BCUT2D eigenvalue weighted by atomic mass is 16.5. The van der Waals surface area contributed by atoms with Crippen LogP contribution >= 0.6 is 0 Å². The summed E-state index contributed by atoms with van der Waals surface area (Å²) < 4.78 is 11.8. The molecule has 0 radical (unpaired) electrons. The zero-order valence-corrected chi connectivity index (χ0v) is 14.8. The van der Waals surface area contributed by atoms with Crippen LogP contribution in [0.15, 0.2) is 29.1 Å².